The second-order valence-corrected chi connectivity index (χ2v) is 4.99. The topological polar surface area (TPSA) is 59.0 Å². The van der Waals surface area contributed by atoms with Crippen molar-refractivity contribution in [2.75, 3.05) is 6.54 Å². The summed E-state index contributed by atoms with van der Waals surface area (Å²) in [4.78, 5) is 11.5. The summed E-state index contributed by atoms with van der Waals surface area (Å²) in [6.45, 7) is 8.69. The highest BCUT2D eigenvalue weighted by atomic mass is 16.1. The molecule has 0 spiro atoms. The van der Waals surface area contributed by atoms with Crippen LogP contribution in [0.4, 0.5) is 0 Å². The fourth-order valence-corrected chi connectivity index (χ4v) is 1.95. The largest absolute Gasteiger partial charge is 0.354 e. The number of nitrogens with one attached hydrogen (secondary N) is 2. The second-order valence-electron chi connectivity index (χ2n) is 4.99. The van der Waals surface area contributed by atoms with E-state index in [2.05, 4.69) is 22.7 Å². The van der Waals surface area contributed by atoms with Gasteiger partial charge >= 0.3 is 0 Å². The zero-order valence-corrected chi connectivity index (χ0v) is 11.9. The number of hydrogen-bond donors (Lipinski definition) is 2. The molecule has 0 saturated carbocycles. The summed E-state index contributed by atoms with van der Waals surface area (Å²) in [6.07, 6.45) is 2.52. The van der Waals surface area contributed by atoms with Gasteiger partial charge in [-0.25, -0.2) is 0 Å². The standard InChI is InChI=1S/C13H24N4O/c1-9(2)15-13(18)6-7-14-10(3)12-8-17(5)16-11(12)4/h8-10,14H,6-7H2,1-5H3,(H,15,18). The van der Waals surface area contributed by atoms with Gasteiger partial charge in [0.2, 0.25) is 5.91 Å². The van der Waals surface area contributed by atoms with Gasteiger partial charge in [-0.05, 0) is 27.7 Å². The first kappa shape index (κ1) is 14.7. The third-order valence-electron chi connectivity index (χ3n) is 2.77. The molecule has 1 heterocycles. The molecule has 1 amide bonds. The van der Waals surface area contributed by atoms with E-state index in [4.69, 9.17) is 0 Å². The first-order valence-electron chi connectivity index (χ1n) is 6.43. The van der Waals surface area contributed by atoms with Crippen LogP contribution >= 0.6 is 0 Å². The van der Waals surface area contributed by atoms with E-state index >= 15 is 0 Å². The van der Waals surface area contributed by atoms with Gasteiger partial charge in [-0.15, -0.1) is 0 Å². The van der Waals surface area contributed by atoms with E-state index in [9.17, 15) is 4.79 Å². The smallest absolute Gasteiger partial charge is 0.221 e. The minimum absolute atomic E-state index is 0.0904. The fraction of sp³-hybridized carbons (Fsp3) is 0.692. The number of carbonyl (C=O) groups is 1. The number of rotatable bonds is 6. The Morgan fingerprint density at radius 1 is 1.44 bits per heavy atom. The Kier molecular flexibility index (Phi) is 5.34. The fourth-order valence-electron chi connectivity index (χ4n) is 1.95. The summed E-state index contributed by atoms with van der Waals surface area (Å²) in [6, 6.07) is 0.418. The molecule has 1 rings (SSSR count). The van der Waals surface area contributed by atoms with Crippen LogP contribution in [0.5, 0.6) is 0 Å². The van der Waals surface area contributed by atoms with E-state index in [0.717, 1.165) is 5.69 Å². The molecule has 5 nitrogen and oxygen atoms in total. The van der Waals surface area contributed by atoms with Crippen LogP contribution in [-0.4, -0.2) is 28.3 Å². The molecule has 5 heteroatoms. The third-order valence-corrected chi connectivity index (χ3v) is 2.77. The monoisotopic (exact) mass is 252 g/mol. The first-order chi connectivity index (χ1) is 8.40. The summed E-state index contributed by atoms with van der Waals surface area (Å²) >= 11 is 0. The third kappa shape index (κ3) is 4.49. The Balaban J connectivity index is 2.35. The predicted molar refractivity (Wildman–Crippen MR) is 72.3 cm³/mol. The Morgan fingerprint density at radius 2 is 2.11 bits per heavy atom. The Bertz CT molecular complexity index is 398. The molecular weight excluding hydrogens is 228 g/mol. The second kappa shape index (κ2) is 6.54. The van der Waals surface area contributed by atoms with Gasteiger partial charge < -0.3 is 10.6 Å². The number of aryl methyl sites for hydroxylation is 2. The van der Waals surface area contributed by atoms with E-state index in [0.29, 0.717) is 13.0 Å². The maximum Gasteiger partial charge on any atom is 0.221 e. The molecule has 102 valence electrons. The van der Waals surface area contributed by atoms with E-state index in [1.165, 1.54) is 5.56 Å². The minimum atomic E-state index is 0.0904. The van der Waals surface area contributed by atoms with Gasteiger partial charge in [-0.3, -0.25) is 9.48 Å². The van der Waals surface area contributed by atoms with E-state index in [1.807, 2.05) is 38.7 Å². The quantitative estimate of drug-likeness (QED) is 0.802. The molecule has 0 aromatic carbocycles. The zero-order valence-electron chi connectivity index (χ0n) is 11.9. The molecule has 1 aromatic rings. The minimum Gasteiger partial charge on any atom is -0.354 e. The van der Waals surface area contributed by atoms with Gasteiger partial charge in [0.15, 0.2) is 0 Å². The predicted octanol–water partition coefficient (Wildman–Crippen LogP) is 1.29. The number of hydrogen-bond acceptors (Lipinski definition) is 3. The van der Waals surface area contributed by atoms with E-state index in [1.54, 1.807) is 0 Å². The van der Waals surface area contributed by atoms with E-state index in [-0.39, 0.29) is 18.0 Å². The molecule has 0 fully saturated rings. The van der Waals surface area contributed by atoms with Gasteiger partial charge in [0.05, 0.1) is 5.69 Å². The molecule has 1 unspecified atom stereocenters. The van der Waals surface area contributed by atoms with Crippen molar-refractivity contribution in [1.82, 2.24) is 20.4 Å². The number of aromatic nitrogens is 2. The number of carbonyl (C=O) groups excluding carboxylic acids is 1. The maximum atomic E-state index is 11.5. The molecule has 0 saturated heterocycles. The Morgan fingerprint density at radius 3 is 2.61 bits per heavy atom. The molecular formula is C13H24N4O. The Hall–Kier alpha value is -1.36. The van der Waals surface area contributed by atoms with Crippen molar-refractivity contribution in [3.05, 3.63) is 17.5 Å². The van der Waals surface area contributed by atoms with Gasteiger partial charge in [0.1, 0.15) is 0 Å². The van der Waals surface area contributed by atoms with Crippen molar-refractivity contribution in [2.45, 2.75) is 46.2 Å². The lowest BCUT2D eigenvalue weighted by Gasteiger charge is -2.13. The zero-order chi connectivity index (χ0) is 13.7. The summed E-state index contributed by atoms with van der Waals surface area (Å²) < 4.78 is 1.81. The maximum absolute atomic E-state index is 11.5. The molecule has 0 aliphatic rings. The van der Waals surface area contributed by atoms with Crippen LogP contribution in [0.3, 0.4) is 0 Å². The van der Waals surface area contributed by atoms with Crippen LogP contribution in [0.25, 0.3) is 0 Å². The summed E-state index contributed by atoms with van der Waals surface area (Å²) in [5.41, 5.74) is 2.21. The summed E-state index contributed by atoms with van der Waals surface area (Å²) in [7, 11) is 1.92. The molecule has 18 heavy (non-hydrogen) atoms. The lowest BCUT2D eigenvalue weighted by Crippen LogP contribution is -2.33. The van der Waals surface area contributed by atoms with Crippen molar-refractivity contribution < 1.29 is 4.79 Å². The van der Waals surface area contributed by atoms with Crippen molar-refractivity contribution in [3.8, 4) is 0 Å². The average Bonchev–Trinajstić information content (AvgIpc) is 2.56. The summed E-state index contributed by atoms with van der Waals surface area (Å²) in [5, 5.41) is 10.5. The SMILES string of the molecule is Cc1nn(C)cc1C(C)NCCC(=O)NC(C)C. The van der Waals surface area contributed by atoms with Crippen molar-refractivity contribution >= 4 is 5.91 Å². The van der Waals surface area contributed by atoms with Crippen LogP contribution in [-0.2, 0) is 11.8 Å². The van der Waals surface area contributed by atoms with Gasteiger partial charge in [0.25, 0.3) is 0 Å². The molecule has 1 atom stereocenters. The lowest BCUT2D eigenvalue weighted by molar-refractivity contribution is -0.121. The van der Waals surface area contributed by atoms with Crippen molar-refractivity contribution in [3.63, 3.8) is 0 Å². The number of nitrogens with zero attached hydrogens (tertiary/aromatic N) is 2. The van der Waals surface area contributed by atoms with Crippen molar-refractivity contribution in [1.29, 1.82) is 0 Å². The normalized spacial score (nSPS) is 12.8. The van der Waals surface area contributed by atoms with Crippen LogP contribution in [0.15, 0.2) is 6.20 Å². The molecule has 0 bridgehead atoms. The van der Waals surface area contributed by atoms with Crippen LogP contribution in [0, 0.1) is 6.92 Å². The van der Waals surface area contributed by atoms with Gasteiger partial charge in [-0.1, -0.05) is 0 Å². The number of amides is 1. The van der Waals surface area contributed by atoms with Crippen LogP contribution in [0.2, 0.25) is 0 Å². The molecule has 1 aromatic heterocycles. The average molecular weight is 252 g/mol. The van der Waals surface area contributed by atoms with E-state index < -0.39 is 0 Å². The van der Waals surface area contributed by atoms with Crippen LogP contribution in [0.1, 0.15) is 44.5 Å². The van der Waals surface area contributed by atoms with Gasteiger partial charge in [-0.2, -0.15) is 5.10 Å². The molecule has 0 radical (unpaired) electrons. The Labute approximate surface area is 109 Å². The highest BCUT2D eigenvalue weighted by Gasteiger charge is 2.11. The first-order valence-corrected chi connectivity index (χ1v) is 6.43. The molecule has 0 aliphatic carbocycles. The van der Waals surface area contributed by atoms with Crippen molar-refractivity contribution in [2.24, 2.45) is 7.05 Å². The highest BCUT2D eigenvalue weighted by molar-refractivity contribution is 5.76. The molecule has 2 N–H and O–H groups in total. The summed E-state index contributed by atoms with van der Waals surface area (Å²) in [5.74, 6) is 0.0904. The molecule has 0 aliphatic heterocycles. The van der Waals surface area contributed by atoms with Gasteiger partial charge in [0, 0.05) is 43.9 Å². The van der Waals surface area contributed by atoms with Crippen LogP contribution < -0.4 is 10.6 Å². The lowest BCUT2D eigenvalue weighted by atomic mass is 10.1. The highest BCUT2D eigenvalue weighted by Crippen LogP contribution is 2.15.